The van der Waals surface area contributed by atoms with Crippen LogP contribution in [-0.4, -0.2) is 33.0 Å². The van der Waals surface area contributed by atoms with Crippen molar-refractivity contribution >= 4 is 39.1 Å². The topological polar surface area (TPSA) is 58.2 Å². The van der Waals surface area contributed by atoms with Gasteiger partial charge in [0.2, 0.25) is 0 Å². The number of carbonyl (C=O) groups is 2. The van der Waals surface area contributed by atoms with Crippen molar-refractivity contribution in [2.45, 2.75) is 111 Å². The van der Waals surface area contributed by atoms with Crippen LogP contribution in [0.3, 0.4) is 0 Å². The van der Waals surface area contributed by atoms with Crippen LogP contribution in [0.4, 0.5) is 9.59 Å². The van der Waals surface area contributed by atoms with Gasteiger partial charge in [-0.15, -0.1) is 0 Å². The molecule has 40 heavy (non-hydrogen) atoms. The van der Waals surface area contributed by atoms with E-state index in [-0.39, 0.29) is 34.0 Å². The monoisotopic (exact) mass is 572 g/mol. The summed E-state index contributed by atoms with van der Waals surface area (Å²) in [6.07, 6.45) is 5.48. The zero-order valence-corrected chi connectivity index (χ0v) is 28.6. The Hall–Kier alpha value is -2.38. The van der Waals surface area contributed by atoms with Gasteiger partial charge >= 0.3 is 0 Å². The number of benzene rings is 2. The highest BCUT2D eigenvalue weighted by Gasteiger charge is 2.63. The summed E-state index contributed by atoms with van der Waals surface area (Å²) in [5.74, 6) is 0. The van der Waals surface area contributed by atoms with Gasteiger partial charge in [-0.1, -0.05) is 124 Å². The molecule has 0 saturated carbocycles. The van der Waals surface area contributed by atoms with Crippen LogP contribution in [0.25, 0.3) is 17.2 Å². The van der Waals surface area contributed by atoms with Crippen LogP contribution in [0.15, 0.2) is 42.0 Å². The fourth-order valence-corrected chi connectivity index (χ4v) is 16.7. The zero-order chi connectivity index (χ0) is 29.8. The molecule has 2 N–H and O–H groups in total. The van der Waals surface area contributed by atoms with E-state index in [9.17, 15) is 9.59 Å². The third kappa shape index (κ3) is 5.56. The fourth-order valence-electron chi connectivity index (χ4n) is 6.24. The standard InChI is InChI=1S/C33H49BN2O2Si2/c1-12-13-15-23-18-22-16-14-17-27(24-19-25(32(2,3)4)21-26(20-24)33(5,6)7)28(22)29(23)35-30(37)39(8,9)34-36-31(38)40(34,10)11/h14,16-21,29H,12-13,15H2,1-11H3,(H,35,37)(H,36,38). The molecule has 1 saturated heterocycles. The molecule has 214 valence electrons. The van der Waals surface area contributed by atoms with E-state index in [4.69, 9.17) is 0 Å². The lowest BCUT2D eigenvalue weighted by atomic mass is 9.78. The van der Waals surface area contributed by atoms with Crippen molar-refractivity contribution in [1.29, 1.82) is 0 Å². The SMILES string of the molecule is CCCCC1=Cc2cccc(-c3cc(C(C)(C)C)cc(C(C)(C)C)c3)c2C1NC(=O)[Si](C)(C)B1NC(=O)[Si]1(C)C. The third-order valence-electron chi connectivity index (χ3n) is 9.10. The molecule has 1 unspecified atom stereocenters. The normalized spacial score (nSPS) is 18.6. The van der Waals surface area contributed by atoms with E-state index in [2.05, 4.69) is 128 Å². The second kappa shape index (κ2) is 10.5. The molecule has 0 radical (unpaired) electrons. The van der Waals surface area contributed by atoms with E-state index in [1.807, 2.05) is 0 Å². The maximum absolute atomic E-state index is 14.1. The van der Waals surface area contributed by atoms with Crippen LogP contribution in [0.1, 0.15) is 96.0 Å². The molecule has 1 aliphatic heterocycles. The summed E-state index contributed by atoms with van der Waals surface area (Å²) in [6.45, 7) is 24.3. The Kier molecular flexibility index (Phi) is 8.00. The Labute approximate surface area is 244 Å². The van der Waals surface area contributed by atoms with Gasteiger partial charge in [-0.3, -0.25) is 9.59 Å². The van der Waals surface area contributed by atoms with Crippen molar-refractivity contribution in [3.05, 3.63) is 64.2 Å². The van der Waals surface area contributed by atoms with Crippen molar-refractivity contribution in [3.8, 4) is 11.1 Å². The zero-order valence-electron chi connectivity index (χ0n) is 26.6. The van der Waals surface area contributed by atoms with Gasteiger partial charge in [0.1, 0.15) is 15.9 Å². The number of hydrogen-bond donors (Lipinski definition) is 2. The van der Waals surface area contributed by atoms with Crippen molar-refractivity contribution < 1.29 is 9.59 Å². The molecule has 4 nitrogen and oxygen atoms in total. The van der Waals surface area contributed by atoms with Gasteiger partial charge in [0.25, 0.3) is 6.03 Å². The molecule has 1 atom stereocenters. The molecule has 1 heterocycles. The van der Waals surface area contributed by atoms with Gasteiger partial charge in [0.05, 0.1) is 6.04 Å². The quantitative estimate of drug-likeness (QED) is 0.326. The van der Waals surface area contributed by atoms with Crippen LogP contribution >= 0.6 is 0 Å². The molecule has 2 aliphatic rings. The summed E-state index contributed by atoms with van der Waals surface area (Å²) >= 11 is 0. The summed E-state index contributed by atoms with van der Waals surface area (Å²) in [5, 5.41) is 6.69. The highest BCUT2D eigenvalue weighted by molar-refractivity contribution is 7.75. The largest absolute Gasteiger partial charge is 0.408 e. The lowest BCUT2D eigenvalue weighted by molar-refractivity contribution is 0.256. The van der Waals surface area contributed by atoms with E-state index < -0.39 is 15.9 Å². The summed E-state index contributed by atoms with van der Waals surface area (Å²) in [5.41, 5.74) is 9.15. The second-order valence-electron chi connectivity index (χ2n) is 15.2. The van der Waals surface area contributed by atoms with Gasteiger partial charge in [0, 0.05) is 0 Å². The number of unbranched alkanes of at least 4 members (excludes halogenated alkanes) is 1. The van der Waals surface area contributed by atoms with Crippen LogP contribution in [0.5, 0.6) is 0 Å². The van der Waals surface area contributed by atoms with Crippen LogP contribution in [0.2, 0.25) is 26.2 Å². The lowest BCUT2D eigenvalue weighted by Crippen LogP contribution is -2.87. The highest BCUT2D eigenvalue weighted by Crippen LogP contribution is 2.44. The van der Waals surface area contributed by atoms with Crippen LogP contribution < -0.4 is 10.5 Å². The molecule has 2 aromatic rings. The first-order valence-electron chi connectivity index (χ1n) is 15.0. The van der Waals surface area contributed by atoms with E-state index in [0.29, 0.717) is 0 Å². The lowest BCUT2D eigenvalue weighted by Gasteiger charge is -2.46. The Morgan fingerprint density at radius 1 is 1.02 bits per heavy atom. The number of carbonyl (C=O) groups excluding carboxylic acids is 2. The molecule has 7 heteroatoms. The first-order chi connectivity index (χ1) is 18.4. The number of hydrogen-bond acceptors (Lipinski definition) is 2. The minimum atomic E-state index is -2.46. The van der Waals surface area contributed by atoms with E-state index in [1.165, 1.54) is 39.0 Å². The Morgan fingerprint density at radius 2 is 1.62 bits per heavy atom. The van der Waals surface area contributed by atoms with Crippen LogP contribution in [0, 0.1) is 0 Å². The molecule has 0 aromatic heterocycles. The summed E-state index contributed by atoms with van der Waals surface area (Å²) in [7, 11) is -4.58. The smallest absolute Gasteiger partial charge is 0.254 e. The van der Waals surface area contributed by atoms with E-state index in [0.717, 1.165) is 19.3 Å². The van der Waals surface area contributed by atoms with Gasteiger partial charge in [0.15, 0.2) is 11.1 Å². The average Bonchev–Trinajstić information content (AvgIpc) is 3.21. The maximum Gasteiger partial charge on any atom is 0.254 e. The maximum atomic E-state index is 14.1. The predicted octanol–water partition coefficient (Wildman–Crippen LogP) is 8.74. The molecule has 2 amide bonds. The molecular formula is C33H49BN2O2Si2. The summed E-state index contributed by atoms with van der Waals surface area (Å²) < 4.78 is 0. The van der Waals surface area contributed by atoms with Gasteiger partial charge < -0.3 is 10.5 Å². The third-order valence-corrected chi connectivity index (χ3v) is 19.2. The highest BCUT2D eigenvalue weighted by atomic mass is 28.4. The number of fused-ring (bicyclic) bond motifs is 1. The van der Waals surface area contributed by atoms with E-state index >= 15 is 0 Å². The predicted molar refractivity (Wildman–Crippen MR) is 177 cm³/mol. The van der Waals surface area contributed by atoms with Gasteiger partial charge in [-0.05, 0) is 62.6 Å². The molecule has 0 spiro atoms. The Balaban J connectivity index is 1.81. The first kappa shape index (κ1) is 30.6. The summed E-state index contributed by atoms with van der Waals surface area (Å²) in [6, 6.07) is 13.6. The van der Waals surface area contributed by atoms with Gasteiger partial charge in [-0.25, -0.2) is 0 Å². The number of rotatable bonds is 7. The molecule has 0 bridgehead atoms. The van der Waals surface area contributed by atoms with Gasteiger partial charge in [-0.2, -0.15) is 0 Å². The minimum absolute atomic E-state index is 0.0195. The van der Waals surface area contributed by atoms with Crippen molar-refractivity contribution in [1.82, 2.24) is 10.5 Å². The first-order valence-corrected chi connectivity index (χ1v) is 21.2. The molecule has 2 aromatic carbocycles. The molecule has 1 aliphatic carbocycles. The summed E-state index contributed by atoms with van der Waals surface area (Å²) in [4.78, 5) is 26.4. The van der Waals surface area contributed by atoms with Crippen molar-refractivity contribution in [2.24, 2.45) is 0 Å². The van der Waals surface area contributed by atoms with Crippen LogP contribution in [-0.2, 0) is 10.8 Å². The fraction of sp³-hybridized carbons (Fsp3) is 0.515. The average molecular weight is 573 g/mol. The Bertz CT molecular complexity index is 1330. The number of amides is 2. The van der Waals surface area contributed by atoms with Crippen molar-refractivity contribution in [2.75, 3.05) is 0 Å². The Morgan fingerprint density at radius 3 is 2.12 bits per heavy atom. The second-order valence-corrected chi connectivity index (χ2v) is 24.7. The number of nitrogens with one attached hydrogen (secondary N) is 2. The van der Waals surface area contributed by atoms with Crippen molar-refractivity contribution in [3.63, 3.8) is 0 Å². The molecule has 4 rings (SSSR count). The molecule has 1 fully saturated rings. The van der Waals surface area contributed by atoms with E-state index in [1.54, 1.807) is 0 Å². The molecular weight excluding hydrogens is 523 g/mol. The minimum Gasteiger partial charge on any atom is -0.408 e.